The fourth-order valence-electron chi connectivity index (χ4n) is 0.863. The zero-order valence-corrected chi connectivity index (χ0v) is 11.6. The largest absolute Gasteiger partial charge is 0.397 e. The van der Waals surface area contributed by atoms with E-state index in [0.29, 0.717) is 14.6 Å². The summed E-state index contributed by atoms with van der Waals surface area (Å²) >= 11 is 6.29. The predicted octanol–water partition coefficient (Wildman–Crippen LogP) is 1.63. The number of nitrogens with one attached hydrogen (secondary N) is 1. The minimum absolute atomic E-state index is 0.00444. The standard InChI is InChI=1S/C7H8Br2N2O3S/c1-11-14-15(12,13)4-2-5(8)7(10)6(9)3-4/h2-3,11H,10H2,1H3. The Kier molecular flexibility index (Phi) is 4.13. The Bertz CT molecular complexity index is 452. The Morgan fingerprint density at radius 3 is 2.20 bits per heavy atom. The molecule has 0 aromatic heterocycles. The van der Waals surface area contributed by atoms with E-state index in [1.807, 2.05) is 0 Å². The van der Waals surface area contributed by atoms with Gasteiger partial charge in [-0.1, -0.05) is 0 Å². The summed E-state index contributed by atoms with van der Waals surface area (Å²) in [5, 5.41) is 0. The van der Waals surface area contributed by atoms with Crippen LogP contribution < -0.4 is 11.2 Å². The number of nitrogen functional groups attached to an aromatic ring is 1. The van der Waals surface area contributed by atoms with E-state index in [1.165, 1.54) is 19.2 Å². The molecule has 0 saturated heterocycles. The molecule has 3 N–H and O–H groups in total. The van der Waals surface area contributed by atoms with Gasteiger partial charge >= 0.3 is 10.1 Å². The number of anilines is 1. The lowest BCUT2D eigenvalue weighted by Crippen LogP contribution is -2.16. The molecule has 0 atom stereocenters. The van der Waals surface area contributed by atoms with Crippen molar-refractivity contribution in [3.8, 4) is 0 Å². The van der Waals surface area contributed by atoms with Crippen LogP contribution in [0.2, 0.25) is 0 Å². The van der Waals surface area contributed by atoms with E-state index in [0.717, 1.165) is 0 Å². The smallest absolute Gasteiger partial charge is 0.312 e. The number of benzene rings is 1. The average molecular weight is 360 g/mol. The molecule has 0 aliphatic heterocycles. The molecule has 0 amide bonds. The van der Waals surface area contributed by atoms with Crippen LogP contribution >= 0.6 is 31.9 Å². The highest BCUT2D eigenvalue weighted by Crippen LogP contribution is 2.31. The van der Waals surface area contributed by atoms with Gasteiger partial charge < -0.3 is 5.73 Å². The van der Waals surface area contributed by atoms with Crippen LogP contribution in [0, 0.1) is 0 Å². The first kappa shape index (κ1) is 12.9. The summed E-state index contributed by atoms with van der Waals surface area (Å²) in [5.74, 6) is 0. The molecule has 0 unspecified atom stereocenters. The van der Waals surface area contributed by atoms with Crippen molar-refractivity contribution in [3.05, 3.63) is 21.1 Å². The third kappa shape index (κ3) is 2.91. The third-order valence-corrected chi connectivity index (χ3v) is 4.05. The van der Waals surface area contributed by atoms with E-state index in [1.54, 1.807) is 0 Å². The maximum absolute atomic E-state index is 11.5. The summed E-state index contributed by atoms with van der Waals surface area (Å²) in [6, 6.07) is 2.74. The first-order valence-corrected chi connectivity index (χ1v) is 6.72. The van der Waals surface area contributed by atoms with Gasteiger partial charge in [0.25, 0.3) is 0 Å². The second-order valence-electron chi connectivity index (χ2n) is 2.54. The van der Waals surface area contributed by atoms with Crippen molar-refractivity contribution in [2.45, 2.75) is 4.90 Å². The van der Waals surface area contributed by atoms with Crippen molar-refractivity contribution in [2.24, 2.45) is 0 Å². The summed E-state index contributed by atoms with van der Waals surface area (Å²) in [7, 11) is -2.44. The maximum Gasteiger partial charge on any atom is 0.312 e. The molecule has 0 bridgehead atoms. The highest BCUT2D eigenvalue weighted by atomic mass is 79.9. The zero-order valence-electron chi connectivity index (χ0n) is 7.62. The lowest BCUT2D eigenvalue weighted by molar-refractivity contribution is 0.231. The van der Waals surface area contributed by atoms with Crippen molar-refractivity contribution in [1.29, 1.82) is 0 Å². The summed E-state index contributed by atoms with van der Waals surface area (Å²) in [4.78, 5) is 0.00444. The molecule has 0 saturated carbocycles. The van der Waals surface area contributed by atoms with Gasteiger partial charge in [-0.05, 0) is 44.0 Å². The quantitative estimate of drug-likeness (QED) is 0.633. The van der Waals surface area contributed by atoms with Crippen molar-refractivity contribution >= 4 is 47.7 Å². The number of hydrogen-bond acceptors (Lipinski definition) is 5. The Balaban J connectivity index is 3.29. The van der Waals surface area contributed by atoms with Gasteiger partial charge in [0.05, 0.1) is 10.6 Å². The molecule has 0 aliphatic carbocycles. The lowest BCUT2D eigenvalue weighted by atomic mass is 10.3. The maximum atomic E-state index is 11.5. The number of hydrogen-bond donors (Lipinski definition) is 2. The van der Waals surface area contributed by atoms with Crippen LogP contribution in [0.5, 0.6) is 0 Å². The first-order chi connectivity index (χ1) is 6.88. The van der Waals surface area contributed by atoms with Gasteiger partial charge in [-0.15, -0.1) is 0 Å². The van der Waals surface area contributed by atoms with Crippen LogP contribution in [-0.2, 0) is 14.4 Å². The molecule has 84 valence electrons. The Hall–Kier alpha value is -0.150. The van der Waals surface area contributed by atoms with Crippen LogP contribution in [0.1, 0.15) is 0 Å². The monoisotopic (exact) mass is 358 g/mol. The fraction of sp³-hybridized carbons (Fsp3) is 0.143. The van der Waals surface area contributed by atoms with E-state index < -0.39 is 10.1 Å². The first-order valence-electron chi connectivity index (χ1n) is 3.73. The molecular formula is C7H8Br2N2O3S. The molecule has 0 aliphatic rings. The van der Waals surface area contributed by atoms with Crippen LogP contribution in [0.25, 0.3) is 0 Å². The van der Waals surface area contributed by atoms with Crippen LogP contribution in [0.3, 0.4) is 0 Å². The van der Waals surface area contributed by atoms with E-state index in [9.17, 15) is 8.42 Å². The predicted molar refractivity (Wildman–Crippen MR) is 63.6 cm³/mol. The molecule has 1 aromatic rings. The van der Waals surface area contributed by atoms with Crippen LogP contribution in [0.15, 0.2) is 26.0 Å². The average Bonchev–Trinajstić information content (AvgIpc) is 2.13. The second-order valence-corrected chi connectivity index (χ2v) is 5.80. The molecule has 5 nitrogen and oxygen atoms in total. The van der Waals surface area contributed by atoms with Gasteiger partial charge in [-0.25, -0.2) is 0 Å². The summed E-state index contributed by atoms with van der Waals surface area (Å²) in [6.45, 7) is 0. The lowest BCUT2D eigenvalue weighted by Gasteiger charge is -2.07. The normalized spacial score (nSPS) is 11.7. The SMILES string of the molecule is CNOS(=O)(=O)c1cc(Br)c(N)c(Br)c1. The fourth-order valence-corrected chi connectivity index (χ4v) is 3.19. The van der Waals surface area contributed by atoms with Crippen molar-refractivity contribution < 1.29 is 12.7 Å². The summed E-state index contributed by atoms with van der Waals surface area (Å²) in [5.41, 5.74) is 8.16. The van der Waals surface area contributed by atoms with E-state index in [4.69, 9.17) is 5.73 Å². The Morgan fingerprint density at radius 2 is 1.80 bits per heavy atom. The topological polar surface area (TPSA) is 81.4 Å². The van der Waals surface area contributed by atoms with Gasteiger partial charge in [0, 0.05) is 16.0 Å². The van der Waals surface area contributed by atoms with E-state index >= 15 is 0 Å². The third-order valence-electron chi connectivity index (χ3n) is 1.53. The number of hydroxylamine groups is 1. The number of rotatable bonds is 3. The molecule has 0 heterocycles. The minimum Gasteiger partial charge on any atom is -0.397 e. The molecule has 0 spiro atoms. The Labute approximate surface area is 104 Å². The van der Waals surface area contributed by atoms with Crippen LogP contribution in [0.4, 0.5) is 5.69 Å². The van der Waals surface area contributed by atoms with Crippen molar-refractivity contribution in [3.63, 3.8) is 0 Å². The molecule has 1 rings (SSSR count). The molecule has 0 fully saturated rings. The van der Waals surface area contributed by atoms with Gasteiger partial charge in [0.1, 0.15) is 0 Å². The highest BCUT2D eigenvalue weighted by Gasteiger charge is 2.17. The van der Waals surface area contributed by atoms with Crippen LogP contribution in [-0.4, -0.2) is 15.5 Å². The molecule has 8 heteroatoms. The Morgan fingerprint density at radius 1 is 1.33 bits per heavy atom. The minimum atomic E-state index is -3.80. The van der Waals surface area contributed by atoms with E-state index in [2.05, 4.69) is 41.6 Å². The van der Waals surface area contributed by atoms with Gasteiger partial charge in [0.15, 0.2) is 0 Å². The van der Waals surface area contributed by atoms with Gasteiger partial charge in [-0.2, -0.15) is 18.2 Å². The second kappa shape index (κ2) is 4.79. The number of nitrogens with two attached hydrogens (primary N) is 1. The number of halogens is 2. The highest BCUT2D eigenvalue weighted by molar-refractivity contribution is 9.11. The van der Waals surface area contributed by atoms with Gasteiger partial charge in [0.2, 0.25) is 0 Å². The molecular weight excluding hydrogens is 352 g/mol. The van der Waals surface area contributed by atoms with E-state index in [-0.39, 0.29) is 4.90 Å². The van der Waals surface area contributed by atoms with Crippen molar-refractivity contribution in [1.82, 2.24) is 5.48 Å². The molecule has 1 aromatic carbocycles. The molecule has 0 radical (unpaired) electrons. The summed E-state index contributed by atoms with van der Waals surface area (Å²) < 4.78 is 28.3. The molecule has 15 heavy (non-hydrogen) atoms. The van der Waals surface area contributed by atoms with Crippen molar-refractivity contribution in [2.75, 3.05) is 12.8 Å². The van der Waals surface area contributed by atoms with Gasteiger partial charge in [-0.3, -0.25) is 0 Å². The summed E-state index contributed by atoms with van der Waals surface area (Å²) in [6.07, 6.45) is 0. The zero-order chi connectivity index (χ0) is 11.6.